The predicted octanol–water partition coefficient (Wildman–Crippen LogP) is 2.01. The number of hydrogen-bond acceptors (Lipinski definition) is 7. The summed E-state index contributed by atoms with van der Waals surface area (Å²) in [4.78, 5) is 7.33. The third-order valence-corrected chi connectivity index (χ3v) is 6.76. The van der Waals surface area contributed by atoms with E-state index in [0.29, 0.717) is 23.9 Å². The summed E-state index contributed by atoms with van der Waals surface area (Å²) >= 11 is 0. The van der Waals surface area contributed by atoms with Crippen molar-refractivity contribution in [3.05, 3.63) is 47.4 Å². The van der Waals surface area contributed by atoms with Gasteiger partial charge in [0.2, 0.25) is 0 Å². The summed E-state index contributed by atoms with van der Waals surface area (Å²) in [5.74, 6) is -3.74. The maximum atomic E-state index is 12.7. The zero-order chi connectivity index (χ0) is 23.4. The zero-order valence-electron chi connectivity index (χ0n) is 17.5. The standard InChI is InChI=1S/C22H25F3N2O5/c1-3-12(20-17-19(30)18(29)14(9-28)21(17,31)32-20)13-5-4-11(6-10(13)2)15-7-27-16(8-26-15)22(23,24)25/h4-8,12,14,17-20,28-31H,3,9H2,1-2H3/t12-,14?,17?,18-,19?,20-,21-/m1/s1. The van der Waals surface area contributed by atoms with Crippen LogP contribution in [0, 0.1) is 18.8 Å². The van der Waals surface area contributed by atoms with Crippen molar-refractivity contribution in [2.45, 2.75) is 56.5 Å². The summed E-state index contributed by atoms with van der Waals surface area (Å²) in [6.07, 6.45) is -5.26. The van der Waals surface area contributed by atoms with Crippen molar-refractivity contribution in [2.75, 3.05) is 6.61 Å². The number of rotatable bonds is 5. The van der Waals surface area contributed by atoms with Gasteiger partial charge in [0.05, 0.1) is 54.8 Å². The van der Waals surface area contributed by atoms with Crippen LogP contribution in [0.3, 0.4) is 0 Å². The van der Waals surface area contributed by atoms with Gasteiger partial charge in [0.1, 0.15) is 0 Å². The number of aliphatic hydroxyl groups excluding tert-OH is 3. The second-order valence-corrected chi connectivity index (χ2v) is 8.50. The van der Waals surface area contributed by atoms with Crippen molar-refractivity contribution in [2.24, 2.45) is 11.8 Å². The molecule has 1 aliphatic heterocycles. The van der Waals surface area contributed by atoms with E-state index in [1.165, 1.54) is 0 Å². The molecular weight excluding hydrogens is 429 g/mol. The Morgan fingerprint density at radius 3 is 2.41 bits per heavy atom. The Kier molecular flexibility index (Phi) is 5.79. The van der Waals surface area contributed by atoms with Crippen molar-refractivity contribution >= 4 is 0 Å². The van der Waals surface area contributed by atoms with Crippen LogP contribution in [0.5, 0.6) is 0 Å². The van der Waals surface area contributed by atoms with Gasteiger partial charge in [-0.3, -0.25) is 4.98 Å². The third kappa shape index (κ3) is 3.50. The number of benzene rings is 1. The first-order chi connectivity index (χ1) is 15.0. The molecule has 4 rings (SSSR count). The quantitative estimate of drug-likeness (QED) is 0.546. The lowest BCUT2D eigenvalue weighted by Crippen LogP contribution is -2.64. The summed E-state index contributed by atoms with van der Waals surface area (Å²) in [7, 11) is 0. The van der Waals surface area contributed by atoms with Gasteiger partial charge in [-0.25, -0.2) is 4.98 Å². The van der Waals surface area contributed by atoms with E-state index in [-0.39, 0.29) is 5.92 Å². The summed E-state index contributed by atoms with van der Waals surface area (Å²) in [5.41, 5.74) is 1.56. The molecule has 0 radical (unpaired) electrons. The minimum atomic E-state index is -4.56. The highest BCUT2D eigenvalue weighted by molar-refractivity contribution is 5.60. The smallest absolute Gasteiger partial charge is 0.396 e. The fourth-order valence-corrected chi connectivity index (χ4v) is 5.08. The molecule has 2 heterocycles. The highest BCUT2D eigenvalue weighted by Gasteiger charge is 2.71. The van der Waals surface area contributed by atoms with E-state index in [0.717, 1.165) is 17.3 Å². The van der Waals surface area contributed by atoms with E-state index in [4.69, 9.17) is 4.74 Å². The van der Waals surface area contributed by atoms with E-state index < -0.39 is 54.4 Å². The number of ether oxygens (including phenoxy) is 1. The van der Waals surface area contributed by atoms with Crippen LogP contribution in [0.1, 0.15) is 36.1 Å². The molecule has 174 valence electrons. The number of aliphatic hydroxyl groups is 4. The van der Waals surface area contributed by atoms with Gasteiger partial charge in [0.25, 0.3) is 0 Å². The van der Waals surface area contributed by atoms with Crippen molar-refractivity contribution in [3.63, 3.8) is 0 Å². The lowest BCUT2D eigenvalue weighted by atomic mass is 9.74. The predicted molar refractivity (Wildman–Crippen MR) is 106 cm³/mol. The molecule has 4 N–H and O–H groups in total. The second-order valence-electron chi connectivity index (χ2n) is 8.50. The van der Waals surface area contributed by atoms with Crippen LogP contribution >= 0.6 is 0 Å². The number of halogens is 3. The third-order valence-electron chi connectivity index (χ3n) is 6.76. The zero-order valence-corrected chi connectivity index (χ0v) is 17.5. The topological polar surface area (TPSA) is 116 Å². The average molecular weight is 454 g/mol. The normalized spacial score (nSPS) is 33.0. The van der Waals surface area contributed by atoms with E-state index >= 15 is 0 Å². The van der Waals surface area contributed by atoms with Crippen molar-refractivity contribution in [1.29, 1.82) is 0 Å². The Morgan fingerprint density at radius 2 is 1.88 bits per heavy atom. The highest BCUT2D eigenvalue weighted by atomic mass is 19.4. The summed E-state index contributed by atoms with van der Waals surface area (Å²) in [6, 6.07) is 5.33. The summed E-state index contributed by atoms with van der Waals surface area (Å²) in [5, 5.41) is 40.9. The molecular formula is C22H25F3N2O5. The number of fused-ring (bicyclic) bond motifs is 1. The minimum absolute atomic E-state index is 0.215. The van der Waals surface area contributed by atoms with Crippen molar-refractivity contribution in [1.82, 2.24) is 9.97 Å². The average Bonchev–Trinajstić information content (AvgIpc) is 2.87. The molecule has 7 atom stereocenters. The molecule has 7 nitrogen and oxygen atoms in total. The molecule has 1 aromatic heterocycles. The molecule has 1 saturated heterocycles. The van der Waals surface area contributed by atoms with Crippen LogP contribution in [0.2, 0.25) is 0 Å². The van der Waals surface area contributed by atoms with E-state index in [9.17, 15) is 33.6 Å². The van der Waals surface area contributed by atoms with Crippen molar-refractivity contribution in [3.8, 4) is 11.3 Å². The molecule has 2 fully saturated rings. The van der Waals surface area contributed by atoms with Gasteiger partial charge >= 0.3 is 6.18 Å². The first-order valence-electron chi connectivity index (χ1n) is 10.4. The maximum Gasteiger partial charge on any atom is 0.434 e. The Morgan fingerprint density at radius 1 is 1.16 bits per heavy atom. The molecule has 1 aliphatic carbocycles. The molecule has 1 aromatic carbocycles. The summed E-state index contributed by atoms with van der Waals surface area (Å²) in [6.45, 7) is 3.26. The summed E-state index contributed by atoms with van der Waals surface area (Å²) < 4.78 is 43.9. The Hall–Kier alpha value is -2.11. The van der Waals surface area contributed by atoms with Gasteiger partial charge in [-0.15, -0.1) is 0 Å². The molecule has 3 unspecified atom stereocenters. The van der Waals surface area contributed by atoms with Gasteiger partial charge in [-0.2, -0.15) is 13.2 Å². The van der Waals surface area contributed by atoms with Crippen LogP contribution in [0.15, 0.2) is 30.6 Å². The molecule has 2 aliphatic rings. The van der Waals surface area contributed by atoms with Crippen LogP contribution in [0.4, 0.5) is 13.2 Å². The van der Waals surface area contributed by atoms with Crippen LogP contribution in [-0.4, -0.2) is 61.1 Å². The molecule has 0 spiro atoms. The molecule has 2 aromatic rings. The van der Waals surface area contributed by atoms with Gasteiger partial charge in [0, 0.05) is 11.5 Å². The first-order valence-corrected chi connectivity index (χ1v) is 10.4. The number of nitrogens with zero attached hydrogens (tertiary/aromatic N) is 2. The molecule has 1 saturated carbocycles. The molecule has 0 amide bonds. The van der Waals surface area contributed by atoms with E-state index in [1.54, 1.807) is 12.1 Å². The number of aromatic nitrogens is 2. The van der Waals surface area contributed by atoms with Crippen LogP contribution in [0.25, 0.3) is 11.3 Å². The Labute approximate surface area is 182 Å². The van der Waals surface area contributed by atoms with Crippen molar-refractivity contribution < 1.29 is 38.3 Å². The second kappa shape index (κ2) is 8.03. The maximum absolute atomic E-state index is 12.7. The van der Waals surface area contributed by atoms with Gasteiger partial charge in [-0.05, 0) is 30.5 Å². The molecule has 32 heavy (non-hydrogen) atoms. The SMILES string of the molecule is CC[C@H](c1ccc(-c2cnc(C(F)(F)F)cn2)cc1C)[C@H]1O[C@]2(O)C(CO)[C@@H](O)C(O)C12. The fraction of sp³-hybridized carbons (Fsp3) is 0.545. The monoisotopic (exact) mass is 454 g/mol. The molecule has 10 heteroatoms. The lowest BCUT2D eigenvalue weighted by molar-refractivity contribution is -0.385. The number of alkyl halides is 3. The van der Waals surface area contributed by atoms with Gasteiger partial charge in [0.15, 0.2) is 11.5 Å². The highest BCUT2D eigenvalue weighted by Crippen LogP contribution is 2.56. The number of hydrogen-bond donors (Lipinski definition) is 4. The van der Waals surface area contributed by atoms with E-state index in [1.807, 2.05) is 19.9 Å². The Bertz CT molecular complexity index is 987. The lowest BCUT2D eigenvalue weighted by Gasteiger charge is -2.53. The fourth-order valence-electron chi connectivity index (χ4n) is 5.08. The largest absolute Gasteiger partial charge is 0.434 e. The van der Waals surface area contributed by atoms with Crippen LogP contribution in [-0.2, 0) is 10.9 Å². The van der Waals surface area contributed by atoms with Gasteiger partial charge in [-0.1, -0.05) is 19.1 Å². The number of aryl methyl sites for hydroxylation is 1. The molecule has 0 bridgehead atoms. The first kappa shape index (κ1) is 23.1. The van der Waals surface area contributed by atoms with Gasteiger partial charge < -0.3 is 25.2 Å². The Balaban J connectivity index is 1.59. The van der Waals surface area contributed by atoms with E-state index in [2.05, 4.69) is 9.97 Å². The van der Waals surface area contributed by atoms with Crippen LogP contribution < -0.4 is 0 Å². The minimum Gasteiger partial charge on any atom is -0.396 e.